The van der Waals surface area contributed by atoms with E-state index in [9.17, 15) is 18.8 Å². The van der Waals surface area contributed by atoms with Crippen LogP contribution in [-0.4, -0.2) is 79.1 Å². The number of aliphatic carboxylic acids is 1. The summed E-state index contributed by atoms with van der Waals surface area (Å²) in [6.07, 6.45) is 1.09. The number of nitrogens with zero attached hydrogens (tertiary/aromatic N) is 3. The van der Waals surface area contributed by atoms with Crippen LogP contribution in [0.1, 0.15) is 45.1 Å². The predicted octanol–water partition coefficient (Wildman–Crippen LogP) is 2.75. The molecule has 0 saturated heterocycles. The average Bonchev–Trinajstić information content (AvgIpc) is 2.73. The summed E-state index contributed by atoms with van der Waals surface area (Å²) < 4.78 is 19.2. The van der Waals surface area contributed by atoms with Crippen LogP contribution < -0.4 is 4.90 Å². The van der Waals surface area contributed by atoms with E-state index in [-0.39, 0.29) is 37.8 Å². The van der Waals surface area contributed by atoms with Gasteiger partial charge in [0.15, 0.2) is 0 Å². The van der Waals surface area contributed by atoms with Crippen LogP contribution in [0.15, 0.2) is 18.2 Å². The lowest BCUT2D eigenvalue weighted by Gasteiger charge is -2.32. The van der Waals surface area contributed by atoms with Gasteiger partial charge in [-0.05, 0) is 55.6 Å². The van der Waals surface area contributed by atoms with Gasteiger partial charge in [0.2, 0.25) is 5.91 Å². The maximum Gasteiger partial charge on any atom is 0.303 e. The van der Waals surface area contributed by atoms with E-state index in [1.807, 2.05) is 0 Å². The molecule has 0 aromatic heterocycles. The Balaban J connectivity index is 2.40. The number of hydrogen-bond acceptors (Lipinski definition) is 5. The standard InChI is InChI=1S/C24H36FN3O5/c1-18(2)15-26-10-4-12-27(22(29)8-9-24(31)32)16-19-14-20(25)6-7-21(19)28(13-5-11-26)23(30)17-33-3/h6-7,14,18H,4-5,8-13,15-17H2,1-3H3,(H,31,32). The summed E-state index contributed by atoms with van der Waals surface area (Å²) in [5, 5.41) is 8.99. The molecule has 1 aliphatic rings. The van der Waals surface area contributed by atoms with Gasteiger partial charge in [-0.25, -0.2) is 4.39 Å². The number of benzene rings is 1. The number of hydrogen-bond donors (Lipinski definition) is 1. The van der Waals surface area contributed by atoms with Crippen molar-refractivity contribution < 1.29 is 28.6 Å². The zero-order chi connectivity index (χ0) is 24.4. The fourth-order valence-corrected chi connectivity index (χ4v) is 4.14. The van der Waals surface area contributed by atoms with Gasteiger partial charge in [0.25, 0.3) is 5.91 Å². The van der Waals surface area contributed by atoms with Gasteiger partial charge < -0.3 is 24.5 Å². The van der Waals surface area contributed by atoms with Crippen LogP contribution in [-0.2, 0) is 25.7 Å². The van der Waals surface area contributed by atoms with Crippen LogP contribution in [0.5, 0.6) is 0 Å². The van der Waals surface area contributed by atoms with E-state index in [2.05, 4.69) is 18.7 Å². The Hall–Kier alpha value is -2.52. The van der Waals surface area contributed by atoms with Crippen molar-refractivity contribution in [2.45, 2.75) is 46.1 Å². The van der Waals surface area contributed by atoms with Crippen LogP contribution in [0.25, 0.3) is 0 Å². The molecule has 0 unspecified atom stereocenters. The zero-order valence-corrected chi connectivity index (χ0v) is 19.9. The van der Waals surface area contributed by atoms with E-state index < -0.39 is 11.8 Å². The minimum absolute atomic E-state index is 0.103. The molecular weight excluding hydrogens is 429 g/mol. The number of amides is 2. The molecule has 1 aromatic rings. The van der Waals surface area contributed by atoms with Gasteiger partial charge in [-0.15, -0.1) is 0 Å². The Labute approximate surface area is 195 Å². The fourth-order valence-electron chi connectivity index (χ4n) is 4.14. The number of ether oxygens (including phenoxy) is 1. The van der Waals surface area contributed by atoms with E-state index in [4.69, 9.17) is 9.84 Å². The van der Waals surface area contributed by atoms with E-state index in [1.165, 1.54) is 19.2 Å². The predicted molar refractivity (Wildman–Crippen MR) is 123 cm³/mol. The smallest absolute Gasteiger partial charge is 0.303 e. The lowest BCUT2D eigenvalue weighted by atomic mass is 10.1. The van der Waals surface area contributed by atoms with E-state index in [1.54, 1.807) is 15.9 Å². The number of fused-ring (bicyclic) bond motifs is 1. The zero-order valence-electron chi connectivity index (χ0n) is 19.9. The molecule has 0 atom stereocenters. The molecule has 0 aliphatic carbocycles. The Kier molecular flexibility index (Phi) is 10.7. The molecule has 184 valence electrons. The number of carboxylic acid groups (broad SMARTS) is 1. The third kappa shape index (κ3) is 8.74. The second-order valence-corrected chi connectivity index (χ2v) is 8.86. The van der Waals surface area contributed by atoms with Crippen molar-refractivity contribution in [3.63, 3.8) is 0 Å². The lowest BCUT2D eigenvalue weighted by Crippen LogP contribution is -2.40. The Morgan fingerprint density at radius 3 is 2.39 bits per heavy atom. The molecule has 2 rings (SSSR count). The largest absolute Gasteiger partial charge is 0.481 e. The van der Waals surface area contributed by atoms with Gasteiger partial charge in [0, 0.05) is 45.4 Å². The minimum Gasteiger partial charge on any atom is -0.481 e. The first-order valence-electron chi connectivity index (χ1n) is 11.5. The summed E-state index contributed by atoms with van der Waals surface area (Å²) in [4.78, 5) is 42.2. The molecule has 9 heteroatoms. The van der Waals surface area contributed by atoms with Gasteiger partial charge in [0.05, 0.1) is 6.42 Å². The average molecular weight is 466 g/mol. The summed E-state index contributed by atoms with van der Waals surface area (Å²) in [6, 6.07) is 4.21. The van der Waals surface area contributed by atoms with Gasteiger partial charge in [0.1, 0.15) is 12.4 Å². The molecule has 1 heterocycles. The number of anilines is 1. The molecule has 1 aromatic carbocycles. The second-order valence-electron chi connectivity index (χ2n) is 8.86. The fraction of sp³-hybridized carbons (Fsp3) is 0.625. The lowest BCUT2D eigenvalue weighted by molar-refractivity contribution is -0.141. The van der Waals surface area contributed by atoms with Crippen LogP contribution >= 0.6 is 0 Å². The summed E-state index contributed by atoms with van der Waals surface area (Å²) in [7, 11) is 1.45. The first-order chi connectivity index (χ1) is 15.7. The second kappa shape index (κ2) is 13.3. The number of rotatable bonds is 7. The summed E-state index contributed by atoms with van der Waals surface area (Å²) in [6.45, 7) is 7.65. The van der Waals surface area contributed by atoms with Crippen molar-refractivity contribution in [2.24, 2.45) is 5.92 Å². The molecule has 1 aliphatic heterocycles. The number of carbonyl (C=O) groups excluding carboxylic acids is 2. The maximum atomic E-state index is 14.2. The van der Waals surface area contributed by atoms with Gasteiger partial charge in [-0.3, -0.25) is 14.4 Å². The highest BCUT2D eigenvalue weighted by Gasteiger charge is 2.24. The highest BCUT2D eigenvalue weighted by Crippen LogP contribution is 2.25. The van der Waals surface area contributed by atoms with E-state index in [0.717, 1.165) is 32.5 Å². The van der Waals surface area contributed by atoms with Gasteiger partial charge in [-0.2, -0.15) is 0 Å². The van der Waals surface area contributed by atoms with Crippen molar-refractivity contribution in [1.29, 1.82) is 0 Å². The van der Waals surface area contributed by atoms with Crippen molar-refractivity contribution in [1.82, 2.24) is 9.80 Å². The van der Waals surface area contributed by atoms with Crippen molar-refractivity contribution in [2.75, 3.05) is 51.3 Å². The Bertz CT molecular complexity index is 817. The molecule has 8 nitrogen and oxygen atoms in total. The third-order valence-electron chi connectivity index (χ3n) is 5.55. The minimum atomic E-state index is -1.04. The van der Waals surface area contributed by atoms with Crippen LogP contribution in [0.3, 0.4) is 0 Å². The van der Waals surface area contributed by atoms with Crippen molar-refractivity contribution in [3.05, 3.63) is 29.6 Å². The molecular formula is C24H36FN3O5. The first-order valence-corrected chi connectivity index (χ1v) is 11.5. The molecule has 0 radical (unpaired) electrons. The number of carboxylic acids is 1. The highest BCUT2D eigenvalue weighted by atomic mass is 19.1. The summed E-state index contributed by atoms with van der Waals surface area (Å²) >= 11 is 0. The number of methoxy groups -OCH3 is 1. The highest BCUT2D eigenvalue weighted by molar-refractivity contribution is 5.95. The SMILES string of the molecule is COCC(=O)N1CCCN(CC(C)C)CCCN(C(=O)CCC(=O)O)Cc2cc(F)ccc21. The first kappa shape index (κ1) is 26.7. The Morgan fingerprint density at radius 2 is 1.76 bits per heavy atom. The third-order valence-corrected chi connectivity index (χ3v) is 5.55. The maximum absolute atomic E-state index is 14.2. The topological polar surface area (TPSA) is 90.4 Å². The molecule has 0 fully saturated rings. The molecule has 2 amide bonds. The number of halogens is 1. The van der Waals surface area contributed by atoms with Crippen LogP contribution in [0, 0.1) is 11.7 Å². The Morgan fingerprint density at radius 1 is 1.06 bits per heavy atom. The van der Waals surface area contributed by atoms with E-state index in [0.29, 0.717) is 30.3 Å². The monoisotopic (exact) mass is 465 g/mol. The van der Waals surface area contributed by atoms with Crippen LogP contribution in [0.4, 0.5) is 10.1 Å². The quantitative estimate of drug-likeness (QED) is 0.666. The number of carbonyl (C=O) groups is 3. The molecule has 33 heavy (non-hydrogen) atoms. The van der Waals surface area contributed by atoms with E-state index >= 15 is 0 Å². The van der Waals surface area contributed by atoms with Crippen molar-refractivity contribution >= 4 is 23.5 Å². The summed E-state index contributed by atoms with van der Waals surface area (Å²) in [5.41, 5.74) is 1.06. The molecule has 0 spiro atoms. The van der Waals surface area contributed by atoms with Gasteiger partial charge >= 0.3 is 5.97 Å². The molecule has 1 N–H and O–H groups in total. The van der Waals surface area contributed by atoms with Crippen LogP contribution in [0.2, 0.25) is 0 Å². The van der Waals surface area contributed by atoms with Gasteiger partial charge in [-0.1, -0.05) is 13.8 Å². The molecule has 0 saturated carbocycles. The normalized spacial score (nSPS) is 16.2. The summed E-state index contributed by atoms with van der Waals surface area (Å²) in [5.74, 6) is -1.55. The van der Waals surface area contributed by atoms with Crippen molar-refractivity contribution in [3.8, 4) is 0 Å². The molecule has 0 bridgehead atoms.